The third kappa shape index (κ3) is 2.59. The van der Waals surface area contributed by atoms with E-state index in [0.717, 1.165) is 12.1 Å². The van der Waals surface area contributed by atoms with E-state index in [1.54, 1.807) is 4.68 Å². The molecule has 1 heterocycles. The molecule has 0 saturated carbocycles. The summed E-state index contributed by atoms with van der Waals surface area (Å²) in [7, 11) is 5.81. The van der Waals surface area contributed by atoms with Gasteiger partial charge < -0.3 is 10.0 Å². The van der Waals surface area contributed by atoms with Gasteiger partial charge in [-0.05, 0) is 27.4 Å². The molecule has 5 nitrogen and oxygen atoms in total. The second kappa shape index (κ2) is 4.93. The number of hydrogen-bond donors (Lipinski definition) is 1. The number of aliphatic hydroxyl groups is 1. The minimum absolute atomic E-state index is 0.225. The van der Waals surface area contributed by atoms with Gasteiger partial charge in [0, 0.05) is 25.2 Å². The van der Waals surface area contributed by atoms with Gasteiger partial charge in [0.05, 0.1) is 11.8 Å². The van der Waals surface area contributed by atoms with E-state index in [0.29, 0.717) is 6.42 Å². The molecule has 2 unspecified atom stereocenters. The highest BCUT2D eigenvalue weighted by atomic mass is 16.3. The van der Waals surface area contributed by atoms with Gasteiger partial charge in [0.15, 0.2) is 0 Å². The minimum atomic E-state index is -0.441. The summed E-state index contributed by atoms with van der Waals surface area (Å²) in [5.41, 5.74) is 0.605. The Morgan fingerprint density at radius 2 is 2.19 bits per heavy atom. The molecule has 0 aliphatic carbocycles. The second-order valence-electron chi connectivity index (χ2n) is 4.71. The van der Waals surface area contributed by atoms with Crippen molar-refractivity contribution in [2.24, 2.45) is 7.05 Å². The van der Waals surface area contributed by atoms with Gasteiger partial charge >= 0.3 is 0 Å². The fourth-order valence-corrected chi connectivity index (χ4v) is 1.76. The molecule has 2 atom stereocenters. The number of aromatic nitrogens is 3. The van der Waals surface area contributed by atoms with E-state index in [1.165, 1.54) is 0 Å². The Labute approximate surface area is 97.1 Å². The molecular weight excluding hydrogens is 204 g/mol. The molecule has 1 rings (SSSR count). The van der Waals surface area contributed by atoms with Crippen molar-refractivity contribution in [1.82, 2.24) is 19.9 Å². The van der Waals surface area contributed by atoms with Crippen LogP contribution < -0.4 is 0 Å². The average molecular weight is 226 g/mol. The first kappa shape index (κ1) is 13.1. The number of rotatable bonds is 5. The fraction of sp³-hybridized carbons (Fsp3) is 0.818. The van der Waals surface area contributed by atoms with Gasteiger partial charge in [0.1, 0.15) is 0 Å². The van der Waals surface area contributed by atoms with Crippen molar-refractivity contribution in [3.05, 3.63) is 11.9 Å². The summed E-state index contributed by atoms with van der Waals surface area (Å²) in [5, 5.41) is 18.1. The quantitative estimate of drug-likeness (QED) is 0.792. The molecule has 0 bridgehead atoms. The zero-order valence-corrected chi connectivity index (χ0v) is 10.8. The lowest BCUT2D eigenvalue weighted by Gasteiger charge is -2.39. The molecule has 5 heteroatoms. The van der Waals surface area contributed by atoms with Crippen LogP contribution in [0.2, 0.25) is 0 Å². The molecule has 0 aliphatic rings. The Balaban J connectivity index is 2.73. The van der Waals surface area contributed by atoms with Crippen molar-refractivity contribution >= 4 is 0 Å². The van der Waals surface area contributed by atoms with Crippen LogP contribution in [0.5, 0.6) is 0 Å². The molecule has 16 heavy (non-hydrogen) atoms. The molecule has 0 spiro atoms. The zero-order chi connectivity index (χ0) is 12.3. The molecule has 0 aliphatic heterocycles. The van der Waals surface area contributed by atoms with Crippen LogP contribution in [0.4, 0.5) is 0 Å². The Morgan fingerprint density at radius 3 is 2.56 bits per heavy atom. The first-order chi connectivity index (χ1) is 7.40. The highest BCUT2D eigenvalue weighted by Crippen LogP contribution is 2.23. The average Bonchev–Trinajstić information content (AvgIpc) is 2.62. The van der Waals surface area contributed by atoms with E-state index in [1.807, 2.05) is 27.3 Å². The van der Waals surface area contributed by atoms with E-state index >= 15 is 0 Å². The maximum Gasteiger partial charge on any atom is 0.0853 e. The minimum Gasteiger partial charge on any atom is -0.391 e. The summed E-state index contributed by atoms with van der Waals surface area (Å²) >= 11 is 0. The number of nitrogens with zero attached hydrogens (tertiary/aromatic N) is 4. The highest BCUT2D eigenvalue weighted by Gasteiger charge is 2.33. The summed E-state index contributed by atoms with van der Waals surface area (Å²) in [6, 6.07) is 0. The second-order valence-corrected chi connectivity index (χ2v) is 4.71. The van der Waals surface area contributed by atoms with Crippen molar-refractivity contribution in [2.45, 2.75) is 38.3 Å². The van der Waals surface area contributed by atoms with Gasteiger partial charge in [0.2, 0.25) is 0 Å². The molecular formula is C11H22N4O. The summed E-state index contributed by atoms with van der Waals surface area (Å²) < 4.78 is 1.65. The summed E-state index contributed by atoms with van der Waals surface area (Å²) in [6.45, 7) is 4.15. The Kier molecular flexibility index (Phi) is 4.04. The molecule has 92 valence electrons. The molecule has 1 aromatic rings. The molecule has 0 radical (unpaired) electrons. The smallest absolute Gasteiger partial charge is 0.0853 e. The third-order valence-electron chi connectivity index (χ3n) is 3.51. The van der Waals surface area contributed by atoms with Crippen LogP contribution in [-0.2, 0) is 13.5 Å². The SMILES string of the molecule is CCC(C)(C(O)Cc1cn(C)nn1)N(C)C. The van der Waals surface area contributed by atoms with Crippen molar-refractivity contribution in [3.8, 4) is 0 Å². The van der Waals surface area contributed by atoms with Crippen LogP contribution in [0.15, 0.2) is 6.20 Å². The zero-order valence-electron chi connectivity index (χ0n) is 10.8. The predicted octanol–water partition coefficient (Wildman–Crippen LogP) is 0.449. The standard InChI is InChI=1S/C11H22N4O/c1-6-11(2,14(3)4)10(16)7-9-8-15(5)13-12-9/h8,10,16H,6-7H2,1-5H3. The Morgan fingerprint density at radius 1 is 1.56 bits per heavy atom. The third-order valence-corrected chi connectivity index (χ3v) is 3.51. The van der Waals surface area contributed by atoms with Gasteiger partial charge in [-0.2, -0.15) is 0 Å². The molecule has 1 aromatic heterocycles. The lowest BCUT2D eigenvalue weighted by atomic mass is 9.87. The number of hydrogen-bond acceptors (Lipinski definition) is 4. The molecule has 0 aromatic carbocycles. The first-order valence-electron chi connectivity index (χ1n) is 5.61. The van der Waals surface area contributed by atoms with Crippen molar-refractivity contribution in [1.29, 1.82) is 0 Å². The van der Waals surface area contributed by atoms with Crippen LogP contribution in [0.25, 0.3) is 0 Å². The van der Waals surface area contributed by atoms with Gasteiger partial charge in [-0.25, -0.2) is 0 Å². The van der Waals surface area contributed by atoms with Gasteiger partial charge in [0.25, 0.3) is 0 Å². The largest absolute Gasteiger partial charge is 0.391 e. The van der Waals surface area contributed by atoms with Gasteiger partial charge in [-0.1, -0.05) is 12.1 Å². The Hall–Kier alpha value is -0.940. The number of aryl methyl sites for hydroxylation is 1. The first-order valence-corrected chi connectivity index (χ1v) is 5.61. The van der Waals surface area contributed by atoms with Crippen molar-refractivity contribution in [2.75, 3.05) is 14.1 Å². The van der Waals surface area contributed by atoms with Crippen LogP contribution in [-0.4, -0.2) is 50.7 Å². The predicted molar refractivity (Wildman–Crippen MR) is 63.1 cm³/mol. The summed E-state index contributed by atoms with van der Waals surface area (Å²) in [4.78, 5) is 2.06. The highest BCUT2D eigenvalue weighted by molar-refractivity contribution is 5.00. The van der Waals surface area contributed by atoms with Crippen molar-refractivity contribution in [3.63, 3.8) is 0 Å². The van der Waals surface area contributed by atoms with E-state index in [-0.39, 0.29) is 5.54 Å². The van der Waals surface area contributed by atoms with Gasteiger partial charge in [-0.15, -0.1) is 5.10 Å². The lowest BCUT2D eigenvalue weighted by molar-refractivity contribution is 0.00246. The van der Waals surface area contributed by atoms with Crippen LogP contribution in [0, 0.1) is 0 Å². The van der Waals surface area contributed by atoms with Crippen LogP contribution >= 0.6 is 0 Å². The molecule has 0 amide bonds. The fourth-order valence-electron chi connectivity index (χ4n) is 1.76. The van der Waals surface area contributed by atoms with E-state index in [9.17, 15) is 5.11 Å². The Bertz CT molecular complexity index is 336. The number of aliphatic hydroxyl groups excluding tert-OH is 1. The van der Waals surface area contributed by atoms with Crippen LogP contribution in [0.3, 0.4) is 0 Å². The monoisotopic (exact) mass is 226 g/mol. The van der Waals surface area contributed by atoms with E-state index in [2.05, 4.69) is 29.1 Å². The van der Waals surface area contributed by atoms with Crippen molar-refractivity contribution < 1.29 is 5.11 Å². The number of likely N-dealkylation sites (N-methyl/N-ethyl adjacent to an activating group) is 1. The lowest BCUT2D eigenvalue weighted by Crippen LogP contribution is -2.51. The summed E-state index contributed by atoms with van der Waals surface area (Å²) in [6.07, 6.45) is 2.83. The van der Waals surface area contributed by atoms with Crippen LogP contribution in [0.1, 0.15) is 26.0 Å². The van der Waals surface area contributed by atoms with Gasteiger partial charge in [-0.3, -0.25) is 4.68 Å². The maximum atomic E-state index is 10.3. The molecule has 1 N–H and O–H groups in total. The maximum absolute atomic E-state index is 10.3. The molecule has 0 fully saturated rings. The topological polar surface area (TPSA) is 54.2 Å². The van der Waals surface area contributed by atoms with E-state index in [4.69, 9.17) is 0 Å². The normalized spacial score (nSPS) is 17.4. The van der Waals surface area contributed by atoms with E-state index < -0.39 is 6.10 Å². The summed E-state index contributed by atoms with van der Waals surface area (Å²) in [5.74, 6) is 0. The molecule has 0 saturated heterocycles.